The van der Waals surface area contributed by atoms with Crippen molar-refractivity contribution in [3.63, 3.8) is 0 Å². The number of benzene rings is 1. The Labute approximate surface area is 119 Å². The molecular weight excluding hydrogens is 311 g/mol. The van der Waals surface area contributed by atoms with Gasteiger partial charge in [0.15, 0.2) is 17.4 Å². The normalized spacial score (nSPS) is 12.9. The Hall–Kier alpha value is -2.58. The summed E-state index contributed by atoms with van der Waals surface area (Å²) in [5, 5.41) is 8.63. The molecule has 2 rings (SSSR count). The summed E-state index contributed by atoms with van der Waals surface area (Å²) in [4.78, 5) is 14.1. The summed E-state index contributed by atoms with van der Waals surface area (Å²) in [6, 6.07) is 1.46. The van der Waals surface area contributed by atoms with E-state index >= 15 is 0 Å². The van der Waals surface area contributed by atoms with Crippen LogP contribution in [0.25, 0.3) is 12.7 Å². The van der Waals surface area contributed by atoms with Crippen LogP contribution in [0, 0.1) is 11.6 Å². The second-order valence-corrected chi connectivity index (χ2v) is 4.47. The maximum Gasteiger partial charge on any atom is 0.406 e. The number of rotatable bonds is 2. The van der Waals surface area contributed by atoms with E-state index in [0.29, 0.717) is 4.57 Å². The molecule has 2 N–H and O–H groups in total. The third-order valence-electron chi connectivity index (χ3n) is 2.77. The van der Waals surface area contributed by atoms with E-state index in [9.17, 15) is 26.7 Å². The number of hydrogen-bond donors (Lipinski definition) is 2. The zero-order valence-electron chi connectivity index (χ0n) is 10.8. The van der Waals surface area contributed by atoms with Gasteiger partial charge in [-0.3, -0.25) is 9.36 Å². The molecule has 9 heteroatoms. The molecule has 0 amide bonds. The summed E-state index contributed by atoms with van der Waals surface area (Å²) >= 11 is 0. The van der Waals surface area contributed by atoms with Gasteiger partial charge in [0.25, 0.3) is 5.56 Å². The molecule has 1 heterocycles. The first-order valence-corrected chi connectivity index (χ1v) is 5.83. The Morgan fingerprint density at radius 2 is 1.82 bits per heavy atom. The second-order valence-electron chi connectivity index (χ2n) is 4.47. The van der Waals surface area contributed by atoms with Crippen LogP contribution in [0.2, 0.25) is 0 Å². The largest absolute Gasteiger partial charge is 0.503 e. The molecule has 0 saturated carbocycles. The number of imidazole rings is 1. The molecule has 0 radical (unpaired) electrons. The fourth-order valence-corrected chi connectivity index (χ4v) is 1.82. The van der Waals surface area contributed by atoms with Crippen molar-refractivity contribution in [3.05, 3.63) is 50.5 Å². The minimum absolute atomic E-state index is 0.148. The van der Waals surface area contributed by atoms with Crippen molar-refractivity contribution in [1.29, 1.82) is 0 Å². The molecule has 1 aromatic carbocycles. The minimum atomic E-state index is -4.62. The summed E-state index contributed by atoms with van der Waals surface area (Å²) in [5.74, 6) is -3.71. The molecule has 0 aliphatic rings. The number of nitrogens with zero attached hydrogens (tertiary/aromatic N) is 1. The van der Waals surface area contributed by atoms with Crippen LogP contribution < -0.4 is 16.4 Å². The van der Waals surface area contributed by atoms with Gasteiger partial charge in [0.2, 0.25) is 0 Å². The Kier molecular flexibility index (Phi) is 3.82. The van der Waals surface area contributed by atoms with Crippen molar-refractivity contribution in [2.45, 2.75) is 12.7 Å². The number of phenolic OH excluding ortho intramolecular Hbond substituents is 1. The highest BCUT2D eigenvalue weighted by atomic mass is 19.4. The summed E-state index contributed by atoms with van der Waals surface area (Å²) in [6.07, 6.45) is -3.66. The van der Waals surface area contributed by atoms with Crippen LogP contribution in [0.1, 0.15) is 5.56 Å². The third kappa shape index (κ3) is 3.18. The standard InChI is InChI=1S/C13H9F5N2O2/c1-6-19-10(12(22)20(6)5-13(16,17)18)4-7-2-8(14)11(21)9(15)3-7/h2-4,19,21H,1,5H2/b10-4-. The molecule has 22 heavy (non-hydrogen) atoms. The molecule has 0 aliphatic heterocycles. The van der Waals surface area contributed by atoms with Crippen molar-refractivity contribution >= 4 is 12.7 Å². The zero-order chi connectivity index (χ0) is 16.7. The predicted octanol–water partition coefficient (Wildman–Crippen LogP) is 0.962. The van der Waals surface area contributed by atoms with E-state index in [2.05, 4.69) is 11.6 Å². The zero-order valence-corrected chi connectivity index (χ0v) is 10.8. The highest BCUT2D eigenvalue weighted by Crippen LogP contribution is 2.21. The van der Waals surface area contributed by atoms with E-state index in [1.165, 1.54) is 0 Å². The molecule has 0 saturated heterocycles. The van der Waals surface area contributed by atoms with Gasteiger partial charge in [0.05, 0.1) is 0 Å². The fourth-order valence-electron chi connectivity index (χ4n) is 1.82. The molecule has 118 valence electrons. The first kappa shape index (κ1) is 15.8. The Morgan fingerprint density at radius 3 is 2.32 bits per heavy atom. The number of halogens is 5. The fraction of sp³-hybridized carbons (Fsp3) is 0.154. The second kappa shape index (κ2) is 5.32. The van der Waals surface area contributed by atoms with Gasteiger partial charge < -0.3 is 10.1 Å². The lowest BCUT2D eigenvalue weighted by molar-refractivity contribution is -0.141. The molecule has 0 unspecified atom stereocenters. The average molecular weight is 320 g/mol. The molecule has 0 spiro atoms. The number of aromatic amines is 1. The van der Waals surface area contributed by atoms with Crippen molar-refractivity contribution in [3.8, 4) is 5.75 Å². The number of phenols is 1. The summed E-state index contributed by atoms with van der Waals surface area (Å²) in [7, 11) is 0. The van der Waals surface area contributed by atoms with Gasteiger partial charge in [-0.2, -0.15) is 13.2 Å². The van der Waals surface area contributed by atoms with Gasteiger partial charge in [-0.1, -0.05) is 6.58 Å². The summed E-state index contributed by atoms with van der Waals surface area (Å²) in [6.45, 7) is 1.74. The smallest absolute Gasteiger partial charge is 0.406 e. The van der Waals surface area contributed by atoms with Gasteiger partial charge in [-0.05, 0) is 23.8 Å². The number of H-pyrrole nitrogens is 1. The lowest BCUT2D eigenvalue weighted by atomic mass is 10.2. The van der Waals surface area contributed by atoms with Gasteiger partial charge in [-0.25, -0.2) is 8.78 Å². The molecule has 0 atom stereocenters. The van der Waals surface area contributed by atoms with Crippen molar-refractivity contribution in [1.82, 2.24) is 9.55 Å². The maximum atomic E-state index is 13.2. The van der Waals surface area contributed by atoms with Crippen LogP contribution in [0.5, 0.6) is 5.75 Å². The van der Waals surface area contributed by atoms with E-state index in [0.717, 1.165) is 18.2 Å². The Bertz CT molecular complexity index is 856. The van der Waals surface area contributed by atoms with Crippen LogP contribution in [-0.4, -0.2) is 20.8 Å². The number of hydrogen-bond acceptors (Lipinski definition) is 2. The number of alkyl halides is 3. The lowest BCUT2D eigenvalue weighted by Gasteiger charge is -2.05. The van der Waals surface area contributed by atoms with Crippen molar-refractivity contribution in [2.75, 3.05) is 0 Å². The van der Waals surface area contributed by atoms with E-state index in [-0.39, 0.29) is 16.4 Å². The molecule has 4 nitrogen and oxygen atoms in total. The van der Waals surface area contributed by atoms with Crippen LogP contribution in [0.4, 0.5) is 22.0 Å². The van der Waals surface area contributed by atoms with Crippen molar-refractivity contribution < 1.29 is 27.1 Å². The molecule has 1 aromatic heterocycles. The number of aromatic hydroxyl groups is 1. The first-order chi connectivity index (χ1) is 10.1. The number of aromatic nitrogens is 2. The van der Waals surface area contributed by atoms with E-state index in [1.54, 1.807) is 0 Å². The lowest BCUT2D eigenvalue weighted by Crippen LogP contribution is -2.35. The van der Waals surface area contributed by atoms with E-state index < -0.39 is 35.7 Å². The topological polar surface area (TPSA) is 58.0 Å². The molecular formula is C13H9F5N2O2. The van der Waals surface area contributed by atoms with Crippen LogP contribution in [0.3, 0.4) is 0 Å². The van der Waals surface area contributed by atoms with E-state index in [1.807, 2.05) is 0 Å². The van der Waals surface area contributed by atoms with Gasteiger partial charge in [0.1, 0.15) is 17.4 Å². The molecule has 0 bridgehead atoms. The van der Waals surface area contributed by atoms with Gasteiger partial charge in [-0.15, -0.1) is 0 Å². The van der Waals surface area contributed by atoms with Gasteiger partial charge in [0, 0.05) is 0 Å². The van der Waals surface area contributed by atoms with Crippen LogP contribution in [-0.2, 0) is 6.54 Å². The molecule has 0 aliphatic carbocycles. The predicted molar refractivity (Wildman–Crippen MR) is 67.5 cm³/mol. The van der Waals surface area contributed by atoms with Crippen molar-refractivity contribution in [2.24, 2.45) is 0 Å². The Balaban J connectivity index is 2.57. The monoisotopic (exact) mass is 320 g/mol. The highest BCUT2D eigenvalue weighted by Gasteiger charge is 2.29. The number of nitrogens with one attached hydrogen (secondary N) is 1. The first-order valence-electron chi connectivity index (χ1n) is 5.83. The Morgan fingerprint density at radius 1 is 1.27 bits per heavy atom. The SMILES string of the molecule is C=c1[nH]/c(=C\c2cc(F)c(O)c(F)c2)c(=O)n1CC(F)(F)F. The van der Waals surface area contributed by atoms with E-state index in [4.69, 9.17) is 5.11 Å². The molecule has 0 fully saturated rings. The van der Waals surface area contributed by atoms with Gasteiger partial charge >= 0.3 is 6.18 Å². The highest BCUT2D eigenvalue weighted by molar-refractivity contribution is 5.50. The average Bonchev–Trinajstić information content (AvgIpc) is 2.62. The summed E-state index contributed by atoms with van der Waals surface area (Å²) in [5.41, 5.74) is -1.48. The minimum Gasteiger partial charge on any atom is -0.503 e. The third-order valence-corrected chi connectivity index (χ3v) is 2.77. The maximum absolute atomic E-state index is 13.2. The summed E-state index contributed by atoms with van der Waals surface area (Å²) < 4.78 is 63.8. The quantitative estimate of drug-likeness (QED) is 0.810. The van der Waals surface area contributed by atoms with Crippen LogP contribution in [0.15, 0.2) is 16.9 Å². The molecule has 2 aromatic rings. The van der Waals surface area contributed by atoms with Crippen LogP contribution >= 0.6 is 0 Å².